The maximum absolute atomic E-state index is 12.9. The fourth-order valence-electron chi connectivity index (χ4n) is 3.14. The van der Waals surface area contributed by atoms with Crippen molar-refractivity contribution in [1.82, 2.24) is 14.2 Å². The van der Waals surface area contributed by atoms with E-state index < -0.39 is 10.0 Å². The number of piperidine rings is 1. The number of nitrogens with one attached hydrogen (secondary N) is 1. The Bertz CT molecular complexity index is 570. The third-order valence-corrected chi connectivity index (χ3v) is 6.42. The Morgan fingerprint density at radius 1 is 1.29 bits per heavy atom. The van der Waals surface area contributed by atoms with Crippen molar-refractivity contribution in [3.63, 3.8) is 0 Å². The summed E-state index contributed by atoms with van der Waals surface area (Å²) in [6.07, 6.45) is 4.73. The summed E-state index contributed by atoms with van der Waals surface area (Å²) >= 11 is 0. The quantitative estimate of drug-likeness (QED) is 0.905. The van der Waals surface area contributed by atoms with E-state index in [9.17, 15) is 8.42 Å². The van der Waals surface area contributed by atoms with Crippen LogP contribution in [0.2, 0.25) is 0 Å². The predicted molar refractivity (Wildman–Crippen MR) is 84.6 cm³/mol. The van der Waals surface area contributed by atoms with Crippen LogP contribution in [0.1, 0.15) is 45.7 Å². The van der Waals surface area contributed by atoms with Crippen LogP contribution in [-0.4, -0.2) is 35.9 Å². The van der Waals surface area contributed by atoms with Crippen molar-refractivity contribution >= 4 is 10.0 Å². The largest absolute Gasteiger partial charge is 0.352 e. The molecule has 2 unspecified atom stereocenters. The SMILES string of the molecule is CCNCc1cc(S(=O)(=O)N2C(C)CCCC2C)cn1C. The maximum Gasteiger partial charge on any atom is 0.245 e. The van der Waals surface area contributed by atoms with Gasteiger partial charge in [0.25, 0.3) is 0 Å². The molecule has 1 aromatic heterocycles. The minimum atomic E-state index is -3.40. The van der Waals surface area contributed by atoms with E-state index >= 15 is 0 Å². The molecule has 1 aliphatic heterocycles. The second-order valence-corrected chi connectivity index (χ2v) is 7.87. The molecule has 120 valence electrons. The Morgan fingerprint density at radius 2 is 1.90 bits per heavy atom. The van der Waals surface area contributed by atoms with Gasteiger partial charge in [-0.05, 0) is 39.3 Å². The first-order valence-corrected chi connectivity index (χ1v) is 9.21. The molecule has 1 aromatic rings. The maximum atomic E-state index is 12.9. The topological polar surface area (TPSA) is 54.3 Å². The van der Waals surface area contributed by atoms with Gasteiger partial charge < -0.3 is 9.88 Å². The van der Waals surface area contributed by atoms with Gasteiger partial charge >= 0.3 is 0 Å². The average Bonchev–Trinajstić information content (AvgIpc) is 2.78. The van der Waals surface area contributed by atoms with Crippen molar-refractivity contribution in [3.8, 4) is 0 Å². The smallest absolute Gasteiger partial charge is 0.245 e. The van der Waals surface area contributed by atoms with Gasteiger partial charge in [0.15, 0.2) is 0 Å². The zero-order chi connectivity index (χ0) is 15.6. The molecule has 0 aliphatic carbocycles. The van der Waals surface area contributed by atoms with Crippen LogP contribution in [0, 0.1) is 0 Å². The van der Waals surface area contributed by atoms with Crippen molar-refractivity contribution in [2.45, 2.75) is 63.6 Å². The van der Waals surface area contributed by atoms with Gasteiger partial charge in [0, 0.05) is 37.6 Å². The predicted octanol–water partition coefficient (Wildman–Crippen LogP) is 2.09. The lowest BCUT2D eigenvalue weighted by Crippen LogP contribution is -2.47. The van der Waals surface area contributed by atoms with E-state index in [1.807, 2.05) is 32.4 Å². The molecule has 2 heterocycles. The second kappa shape index (κ2) is 6.50. The lowest BCUT2D eigenvalue weighted by atomic mass is 10.0. The highest BCUT2D eigenvalue weighted by Gasteiger charge is 2.36. The standard InChI is InChI=1S/C15H27N3O2S/c1-5-16-10-14-9-15(11-17(14)4)21(19,20)18-12(2)7-6-8-13(18)3/h9,11-13,16H,5-8,10H2,1-4H3. The first-order valence-electron chi connectivity index (χ1n) is 7.77. The summed E-state index contributed by atoms with van der Waals surface area (Å²) < 4.78 is 29.5. The van der Waals surface area contributed by atoms with Gasteiger partial charge in [0.05, 0.1) is 0 Å². The third-order valence-electron chi connectivity index (χ3n) is 4.33. The minimum absolute atomic E-state index is 0.0798. The molecule has 0 aromatic carbocycles. The van der Waals surface area contributed by atoms with Crippen molar-refractivity contribution in [2.75, 3.05) is 6.54 Å². The van der Waals surface area contributed by atoms with Crippen molar-refractivity contribution < 1.29 is 8.42 Å². The highest BCUT2D eigenvalue weighted by Crippen LogP contribution is 2.30. The Balaban J connectivity index is 2.30. The van der Waals surface area contributed by atoms with Gasteiger partial charge in [-0.15, -0.1) is 0 Å². The molecule has 6 heteroatoms. The number of sulfonamides is 1. The van der Waals surface area contributed by atoms with Gasteiger partial charge in [0.1, 0.15) is 4.90 Å². The molecule has 0 spiro atoms. The summed E-state index contributed by atoms with van der Waals surface area (Å²) in [5.74, 6) is 0. The van der Waals surface area contributed by atoms with Gasteiger partial charge in [-0.25, -0.2) is 8.42 Å². The van der Waals surface area contributed by atoms with E-state index in [0.717, 1.165) is 31.5 Å². The Morgan fingerprint density at radius 3 is 2.48 bits per heavy atom. The molecular weight excluding hydrogens is 286 g/mol. The molecule has 0 saturated carbocycles. The molecule has 1 fully saturated rings. The van der Waals surface area contributed by atoms with Crippen molar-refractivity contribution in [1.29, 1.82) is 0 Å². The highest BCUT2D eigenvalue weighted by molar-refractivity contribution is 7.89. The fourth-order valence-corrected chi connectivity index (χ4v) is 5.12. The normalized spacial score (nSPS) is 24.4. The Kier molecular flexibility index (Phi) is 5.11. The zero-order valence-corrected chi connectivity index (χ0v) is 14.3. The molecule has 2 atom stereocenters. The monoisotopic (exact) mass is 313 g/mol. The van der Waals surface area contributed by atoms with E-state index in [2.05, 4.69) is 5.32 Å². The summed E-state index contributed by atoms with van der Waals surface area (Å²) in [4.78, 5) is 0.415. The van der Waals surface area contributed by atoms with Gasteiger partial charge in [-0.1, -0.05) is 13.3 Å². The van der Waals surface area contributed by atoms with E-state index in [1.54, 1.807) is 16.6 Å². The number of aryl methyl sites for hydroxylation is 1. The summed E-state index contributed by atoms with van der Waals surface area (Å²) in [5, 5.41) is 3.24. The van der Waals surface area contributed by atoms with Crippen LogP contribution in [0.15, 0.2) is 17.2 Å². The van der Waals surface area contributed by atoms with Crippen LogP contribution >= 0.6 is 0 Å². The van der Waals surface area contributed by atoms with Crippen LogP contribution in [0.4, 0.5) is 0 Å². The molecule has 1 saturated heterocycles. The summed E-state index contributed by atoms with van der Waals surface area (Å²) in [7, 11) is -1.50. The average molecular weight is 313 g/mol. The van der Waals surface area contributed by atoms with Crippen LogP contribution in [-0.2, 0) is 23.6 Å². The molecule has 0 amide bonds. The second-order valence-electron chi connectivity index (χ2n) is 6.02. The number of hydrogen-bond donors (Lipinski definition) is 1. The van der Waals surface area contributed by atoms with Gasteiger partial charge in [-0.3, -0.25) is 0 Å². The number of hydrogen-bond acceptors (Lipinski definition) is 3. The first-order chi connectivity index (χ1) is 9.87. The molecule has 21 heavy (non-hydrogen) atoms. The van der Waals surface area contributed by atoms with Crippen LogP contribution in [0.5, 0.6) is 0 Å². The van der Waals surface area contributed by atoms with Crippen molar-refractivity contribution in [2.24, 2.45) is 7.05 Å². The zero-order valence-electron chi connectivity index (χ0n) is 13.5. The van der Waals surface area contributed by atoms with Gasteiger partial charge in [0.2, 0.25) is 10.0 Å². The number of aromatic nitrogens is 1. The molecule has 2 rings (SSSR count). The Hall–Kier alpha value is -0.850. The van der Waals surface area contributed by atoms with E-state index in [1.165, 1.54) is 0 Å². The molecule has 1 N–H and O–H groups in total. The number of rotatable bonds is 5. The number of nitrogens with zero attached hydrogens (tertiary/aromatic N) is 2. The lowest BCUT2D eigenvalue weighted by Gasteiger charge is -2.37. The highest BCUT2D eigenvalue weighted by atomic mass is 32.2. The van der Waals surface area contributed by atoms with Gasteiger partial charge in [-0.2, -0.15) is 4.31 Å². The summed E-state index contributed by atoms with van der Waals surface area (Å²) in [5.41, 5.74) is 0.993. The Labute approximate surface area is 128 Å². The van der Waals surface area contributed by atoms with Crippen LogP contribution < -0.4 is 5.32 Å². The van der Waals surface area contributed by atoms with Crippen LogP contribution in [0.3, 0.4) is 0 Å². The van der Waals surface area contributed by atoms with Crippen molar-refractivity contribution in [3.05, 3.63) is 18.0 Å². The first kappa shape index (κ1) is 16.5. The molecular formula is C15H27N3O2S. The summed E-state index contributed by atoms with van der Waals surface area (Å²) in [6, 6.07) is 1.96. The van der Waals surface area contributed by atoms with E-state index in [4.69, 9.17) is 0 Å². The van der Waals surface area contributed by atoms with E-state index in [0.29, 0.717) is 11.4 Å². The molecule has 5 nitrogen and oxygen atoms in total. The molecule has 1 aliphatic rings. The summed E-state index contributed by atoms with van der Waals surface area (Å²) in [6.45, 7) is 7.62. The van der Waals surface area contributed by atoms with Crippen LogP contribution in [0.25, 0.3) is 0 Å². The molecule has 0 bridgehead atoms. The lowest BCUT2D eigenvalue weighted by molar-refractivity contribution is 0.204. The fraction of sp³-hybridized carbons (Fsp3) is 0.733. The van der Waals surface area contributed by atoms with E-state index in [-0.39, 0.29) is 12.1 Å². The molecule has 0 radical (unpaired) electrons. The minimum Gasteiger partial charge on any atom is -0.352 e. The third kappa shape index (κ3) is 3.33.